The van der Waals surface area contributed by atoms with Gasteiger partial charge < -0.3 is 15.0 Å². The van der Waals surface area contributed by atoms with E-state index >= 15 is 0 Å². The second-order valence-electron chi connectivity index (χ2n) is 5.74. The van der Waals surface area contributed by atoms with Gasteiger partial charge in [0.2, 0.25) is 0 Å². The SMILES string of the molecule is COCCN(CCC1CS(=O)(=O)CCN1)CC(C)C. The van der Waals surface area contributed by atoms with Crippen LogP contribution >= 0.6 is 0 Å². The van der Waals surface area contributed by atoms with Gasteiger partial charge in [-0.05, 0) is 18.9 Å². The van der Waals surface area contributed by atoms with Gasteiger partial charge >= 0.3 is 0 Å². The molecular weight excluding hydrogens is 264 g/mol. The van der Waals surface area contributed by atoms with Crippen LogP contribution in [0.25, 0.3) is 0 Å². The molecular formula is C13H28N2O3S. The van der Waals surface area contributed by atoms with Gasteiger partial charge in [-0.3, -0.25) is 0 Å². The first-order chi connectivity index (χ1) is 8.93. The minimum absolute atomic E-state index is 0.107. The molecule has 5 nitrogen and oxygen atoms in total. The van der Waals surface area contributed by atoms with Crippen molar-refractivity contribution >= 4 is 9.84 Å². The van der Waals surface area contributed by atoms with Crippen LogP contribution in [0.4, 0.5) is 0 Å². The fraction of sp³-hybridized carbons (Fsp3) is 1.00. The van der Waals surface area contributed by atoms with Crippen molar-refractivity contribution in [3.63, 3.8) is 0 Å². The summed E-state index contributed by atoms with van der Waals surface area (Å²) >= 11 is 0. The highest BCUT2D eigenvalue weighted by atomic mass is 32.2. The lowest BCUT2D eigenvalue weighted by Crippen LogP contribution is -2.47. The summed E-state index contributed by atoms with van der Waals surface area (Å²) in [4.78, 5) is 2.36. The van der Waals surface area contributed by atoms with Crippen LogP contribution in [0.15, 0.2) is 0 Å². The van der Waals surface area contributed by atoms with E-state index in [1.54, 1.807) is 7.11 Å². The van der Waals surface area contributed by atoms with Gasteiger partial charge in [-0.1, -0.05) is 13.8 Å². The molecule has 114 valence electrons. The van der Waals surface area contributed by atoms with Crippen LogP contribution in [0.2, 0.25) is 0 Å². The van der Waals surface area contributed by atoms with Gasteiger partial charge in [-0.15, -0.1) is 0 Å². The number of nitrogens with one attached hydrogen (secondary N) is 1. The fourth-order valence-corrected chi connectivity index (χ4v) is 3.92. The van der Waals surface area contributed by atoms with Gasteiger partial charge in [0, 0.05) is 32.8 Å². The Kier molecular flexibility index (Phi) is 7.28. The summed E-state index contributed by atoms with van der Waals surface area (Å²) in [6.07, 6.45) is 0.885. The second kappa shape index (κ2) is 8.19. The summed E-state index contributed by atoms with van der Waals surface area (Å²) in [5, 5.41) is 3.30. The van der Waals surface area contributed by atoms with Crippen LogP contribution in [0.1, 0.15) is 20.3 Å². The zero-order valence-corrected chi connectivity index (χ0v) is 13.2. The highest BCUT2D eigenvalue weighted by molar-refractivity contribution is 7.91. The van der Waals surface area contributed by atoms with E-state index in [9.17, 15) is 8.42 Å². The van der Waals surface area contributed by atoms with E-state index < -0.39 is 9.84 Å². The van der Waals surface area contributed by atoms with Crippen LogP contribution in [-0.4, -0.2) is 70.8 Å². The largest absolute Gasteiger partial charge is 0.383 e. The van der Waals surface area contributed by atoms with Gasteiger partial charge in [-0.2, -0.15) is 0 Å². The first-order valence-corrected chi connectivity index (χ1v) is 8.90. The number of hydrogen-bond donors (Lipinski definition) is 1. The van der Waals surface area contributed by atoms with E-state index in [2.05, 4.69) is 24.1 Å². The third kappa shape index (κ3) is 7.25. The van der Waals surface area contributed by atoms with Crippen molar-refractivity contribution in [3.05, 3.63) is 0 Å². The predicted octanol–water partition coefficient (Wildman–Crippen LogP) is 0.368. The number of ether oxygens (including phenoxy) is 1. The molecule has 1 rings (SSSR count). The van der Waals surface area contributed by atoms with E-state index in [1.807, 2.05) is 0 Å². The first kappa shape index (κ1) is 16.9. The molecule has 0 bridgehead atoms. The van der Waals surface area contributed by atoms with Crippen LogP contribution in [-0.2, 0) is 14.6 Å². The molecule has 1 saturated heterocycles. The van der Waals surface area contributed by atoms with E-state index in [0.717, 1.165) is 32.7 Å². The van der Waals surface area contributed by atoms with E-state index in [-0.39, 0.29) is 17.5 Å². The van der Waals surface area contributed by atoms with Gasteiger partial charge in [0.1, 0.15) is 0 Å². The minimum atomic E-state index is -2.83. The zero-order valence-electron chi connectivity index (χ0n) is 12.4. The average Bonchev–Trinajstić information content (AvgIpc) is 2.31. The maximum atomic E-state index is 11.6. The zero-order chi connectivity index (χ0) is 14.3. The molecule has 0 saturated carbocycles. The average molecular weight is 292 g/mol. The van der Waals surface area contributed by atoms with Crippen molar-refractivity contribution < 1.29 is 13.2 Å². The number of methoxy groups -OCH3 is 1. The molecule has 0 radical (unpaired) electrons. The number of sulfone groups is 1. The molecule has 1 atom stereocenters. The summed E-state index contributed by atoms with van der Waals surface area (Å²) < 4.78 is 28.3. The van der Waals surface area contributed by atoms with E-state index in [1.165, 1.54) is 0 Å². The lowest BCUT2D eigenvalue weighted by Gasteiger charge is -2.28. The van der Waals surface area contributed by atoms with Crippen molar-refractivity contribution in [2.75, 3.05) is 51.4 Å². The Bertz CT molecular complexity index is 344. The third-order valence-electron chi connectivity index (χ3n) is 3.33. The quantitative estimate of drug-likeness (QED) is 0.700. The Balaban J connectivity index is 2.37. The Morgan fingerprint density at radius 2 is 2.11 bits per heavy atom. The van der Waals surface area contributed by atoms with Crippen LogP contribution in [0, 0.1) is 5.92 Å². The molecule has 1 aliphatic heterocycles. The normalized spacial score (nSPS) is 23.1. The van der Waals surface area contributed by atoms with Crippen molar-refractivity contribution in [2.45, 2.75) is 26.3 Å². The van der Waals surface area contributed by atoms with Gasteiger partial charge in [0.05, 0.1) is 18.1 Å². The predicted molar refractivity (Wildman–Crippen MR) is 78.2 cm³/mol. The van der Waals surface area contributed by atoms with Gasteiger partial charge in [0.25, 0.3) is 0 Å². The summed E-state index contributed by atoms with van der Waals surface area (Å²) in [6.45, 7) is 8.58. The number of hydrogen-bond acceptors (Lipinski definition) is 5. The number of rotatable bonds is 8. The standard InChI is InChI=1S/C13H28N2O3S/c1-12(2)10-15(7-8-18-3)6-4-13-11-19(16,17)9-5-14-13/h12-14H,4-11H2,1-3H3. The summed E-state index contributed by atoms with van der Waals surface area (Å²) in [6, 6.07) is 0.107. The Hall–Kier alpha value is -0.170. The number of nitrogens with zero attached hydrogens (tertiary/aromatic N) is 1. The Labute approximate surface area is 117 Å². The van der Waals surface area contributed by atoms with Gasteiger partial charge in [0.15, 0.2) is 9.84 Å². The van der Waals surface area contributed by atoms with Crippen LogP contribution < -0.4 is 5.32 Å². The molecule has 0 aromatic rings. The molecule has 1 fully saturated rings. The first-order valence-electron chi connectivity index (χ1n) is 7.08. The smallest absolute Gasteiger partial charge is 0.153 e. The lowest BCUT2D eigenvalue weighted by atomic mass is 10.1. The van der Waals surface area contributed by atoms with Crippen molar-refractivity contribution in [1.29, 1.82) is 0 Å². The van der Waals surface area contributed by atoms with E-state index in [4.69, 9.17) is 4.74 Å². The van der Waals surface area contributed by atoms with Gasteiger partial charge in [-0.25, -0.2) is 8.42 Å². The highest BCUT2D eigenvalue weighted by Crippen LogP contribution is 2.07. The highest BCUT2D eigenvalue weighted by Gasteiger charge is 2.24. The lowest BCUT2D eigenvalue weighted by molar-refractivity contribution is 0.137. The second-order valence-corrected chi connectivity index (χ2v) is 7.97. The maximum Gasteiger partial charge on any atom is 0.153 e. The molecule has 0 spiro atoms. The fourth-order valence-electron chi connectivity index (χ4n) is 2.42. The van der Waals surface area contributed by atoms with E-state index in [0.29, 0.717) is 12.5 Å². The molecule has 6 heteroatoms. The molecule has 19 heavy (non-hydrogen) atoms. The topological polar surface area (TPSA) is 58.6 Å². The molecule has 0 aromatic carbocycles. The Morgan fingerprint density at radius 3 is 2.68 bits per heavy atom. The van der Waals surface area contributed by atoms with Crippen LogP contribution in [0.3, 0.4) is 0 Å². The summed E-state index contributed by atoms with van der Waals surface area (Å²) in [5.74, 6) is 1.18. The molecule has 1 heterocycles. The van der Waals surface area contributed by atoms with Crippen molar-refractivity contribution in [2.24, 2.45) is 5.92 Å². The summed E-state index contributed by atoms with van der Waals surface area (Å²) in [5.41, 5.74) is 0. The van der Waals surface area contributed by atoms with Crippen molar-refractivity contribution in [3.8, 4) is 0 Å². The Morgan fingerprint density at radius 1 is 1.37 bits per heavy atom. The molecule has 1 aliphatic rings. The molecule has 0 aliphatic carbocycles. The molecule has 1 N–H and O–H groups in total. The van der Waals surface area contributed by atoms with Crippen LogP contribution in [0.5, 0.6) is 0 Å². The molecule has 0 aromatic heterocycles. The molecule has 0 amide bonds. The van der Waals surface area contributed by atoms with Crippen molar-refractivity contribution in [1.82, 2.24) is 10.2 Å². The summed E-state index contributed by atoms with van der Waals surface area (Å²) in [7, 11) is -1.11. The third-order valence-corrected chi connectivity index (χ3v) is 5.07. The maximum absolute atomic E-state index is 11.6. The molecule has 1 unspecified atom stereocenters. The minimum Gasteiger partial charge on any atom is -0.383 e. The monoisotopic (exact) mass is 292 g/mol.